The zero-order chi connectivity index (χ0) is 17.5. The molecule has 1 aromatic carbocycles. The molecule has 4 aromatic rings. The highest BCUT2D eigenvalue weighted by atomic mass is 16.5. The molecule has 1 saturated heterocycles. The zero-order valence-corrected chi connectivity index (χ0v) is 14.6. The second kappa shape index (κ2) is 6.10. The lowest BCUT2D eigenvalue weighted by Gasteiger charge is -2.23. The van der Waals surface area contributed by atoms with Crippen molar-refractivity contribution in [2.45, 2.75) is 18.9 Å². The van der Waals surface area contributed by atoms with Gasteiger partial charge in [0.2, 0.25) is 0 Å². The van der Waals surface area contributed by atoms with E-state index in [0.717, 1.165) is 59.7 Å². The Kier molecular flexibility index (Phi) is 3.60. The van der Waals surface area contributed by atoms with Crippen molar-refractivity contribution in [3.8, 4) is 11.3 Å². The van der Waals surface area contributed by atoms with E-state index in [1.165, 1.54) is 0 Å². The Balaban J connectivity index is 1.54. The van der Waals surface area contributed by atoms with Gasteiger partial charge < -0.3 is 10.1 Å². The summed E-state index contributed by atoms with van der Waals surface area (Å²) in [5.41, 5.74) is 3.97. The first kappa shape index (κ1) is 15.3. The van der Waals surface area contributed by atoms with E-state index >= 15 is 0 Å². The van der Waals surface area contributed by atoms with Gasteiger partial charge in [-0.15, -0.1) is 5.10 Å². The molecule has 5 rings (SSSR count). The van der Waals surface area contributed by atoms with Crippen LogP contribution in [0.4, 0.5) is 5.82 Å². The first-order valence-electron chi connectivity index (χ1n) is 8.89. The van der Waals surface area contributed by atoms with Gasteiger partial charge in [-0.2, -0.15) is 5.10 Å². The molecular formula is C19H20N6O. The quantitative estimate of drug-likeness (QED) is 0.616. The number of nitrogens with one attached hydrogen (secondary N) is 1. The smallest absolute Gasteiger partial charge is 0.154 e. The molecule has 1 aliphatic rings. The van der Waals surface area contributed by atoms with Crippen LogP contribution in [0.15, 0.2) is 42.7 Å². The Bertz CT molecular complexity index is 1080. The maximum absolute atomic E-state index is 5.43. The number of aromatic nitrogens is 5. The normalized spacial score (nSPS) is 15.7. The van der Waals surface area contributed by atoms with Crippen LogP contribution < -0.4 is 5.32 Å². The van der Waals surface area contributed by atoms with E-state index in [1.54, 1.807) is 0 Å². The number of ether oxygens (including phenoxy) is 1. The Hall–Kier alpha value is -2.93. The molecule has 0 saturated carbocycles. The minimum atomic E-state index is 0.409. The van der Waals surface area contributed by atoms with Gasteiger partial charge in [0.15, 0.2) is 5.65 Å². The van der Waals surface area contributed by atoms with Crippen LogP contribution in [0.2, 0.25) is 0 Å². The fourth-order valence-electron chi connectivity index (χ4n) is 3.50. The summed E-state index contributed by atoms with van der Waals surface area (Å²) in [6.45, 7) is 1.61. The minimum absolute atomic E-state index is 0.409. The molecule has 0 radical (unpaired) electrons. The maximum Gasteiger partial charge on any atom is 0.154 e. The van der Waals surface area contributed by atoms with E-state index in [4.69, 9.17) is 9.84 Å². The molecule has 3 aromatic heterocycles. The number of aryl methyl sites for hydroxylation is 1. The van der Waals surface area contributed by atoms with Crippen molar-refractivity contribution < 1.29 is 4.74 Å². The summed E-state index contributed by atoms with van der Waals surface area (Å²) in [7, 11) is 1.95. The van der Waals surface area contributed by atoms with E-state index in [1.807, 2.05) is 40.8 Å². The molecule has 7 heteroatoms. The average molecular weight is 348 g/mol. The molecule has 0 amide bonds. The van der Waals surface area contributed by atoms with Gasteiger partial charge in [0.05, 0.1) is 23.6 Å². The number of benzene rings is 1. The maximum atomic E-state index is 5.43. The number of hydrogen-bond acceptors (Lipinski definition) is 5. The van der Waals surface area contributed by atoms with Crippen LogP contribution in [0.25, 0.3) is 27.8 Å². The summed E-state index contributed by atoms with van der Waals surface area (Å²) in [5, 5.41) is 13.7. The third-order valence-corrected chi connectivity index (χ3v) is 4.98. The number of imidazole rings is 1. The van der Waals surface area contributed by atoms with Crippen molar-refractivity contribution in [2.24, 2.45) is 7.05 Å². The molecular weight excluding hydrogens is 328 g/mol. The predicted molar refractivity (Wildman–Crippen MR) is 100 cm³/mol. The molecule has 0 unspecified atom stereocenters. The summed E-state index contributed by atoms with van der Waals surface area (Å²) < 4.78 is 9.21. The molecule has 4 heterocycles. The van der Waals surface area contributed by atoms with Crippen molar-refractivity contribution in [1.82, 2.24) is 24.4 Å². The van der Waals surface area contributed by atoms with Crippen LogP contribution in [0.1, 0.15) is 12.8 Å². The second-order valence-corrected chi connectivity index (χ2v) is 6.70. The van der Waals surface area contributed by atoms with Crippen LogP contribution >= 0.6 is 0 Å². The number of fused-ring (bicyclic) bond motifs is 2. The van der Waals surface area contributed by atoms with Gasteiger partial charge >= 0.3 is 0 Å². The molecule has 132 valence electrons. The molecule has 0 aliphatic carbocycles. The lowest BCUT2D eigenvalue weighted by molar-refractivity contribution is 0.0903. The van der Waals surface area contributed by atoms with E-state index in [-0.39, 0.29) is 0 Å². The van der Waals surface area contributed by atoms with Gasteiger partial charge in [-0.3, -0.25) is 4.68 Å². The van der Waals surface area contributed by atoms with Gasteiger partial charge in [-0.05, 0) is 31.0 Å². The second-order valence-electron chi connectivity index (χ2n) is 6.70. The fourth-order valence-corrected chi connectivity index (χ4v) is 3.50. The lowest BCUT2D eigenvalue weighted by Crippen LogP contribution is -2.28. The standard InChI is InChI=1S/C19H20N6O/c1-24-16-10-13(2-3-14(16)11-21-24)17-12-20-19-5-4-18(23-25(17)19)22-15-6-8-26-9-7-15/h2-5,10-12,15H,6-9H2,1H3,(H,22,23). The zero-order valence-electron chi connectivity index (χ0n) is 14.6. The highest BCUT2D eigenvalue weighted by Crippen LogP contribution is 2.25. The van der Waals surface area contributed by atoms with E-state index < -0.39 is 0 Å². The van der Waals surface area contributed by atoms with Crippen molar-refractivity contribution >= 4 is 22.4 Å². The van der Waals surface area contributed by atoms with Crippen LogP contribution in [0.5, 0.6) is 0 Å². The summed E-state index contributed by atoms with van der Waals surface area (Å²) in [5.74, 6) is 0.866. The van der Waals surface area contributed by atoms with Crippen molar-refractivity contribution in [3.63, 3.8) is 0 Å². The Labute approximate surface area is 150 Å². The lowest BCUT2D eigenvalue weighted by atomic mass is 10.1. The predicted octanol–water partition coefficient (Wildman–Crippen LogP) is 2.87. The van der Waals surface area contributed by atoms with Gasteiger partial charge in [0, 0.05) is 37.3 Å². The van der Waals surface area contributed by atoms with E-state index in [2.05, 4.69) is 33.6 Å². The Morgan fingerprint density at radius 1 is 1.12 bits per heavy atom. The monoisotopic (exact) mass is 348 g/mol. The molecule has 1 fully saturated rings. The molecule has 1 aliphatic heterocycles. The van der Waals surface area contributed by atoms with E-state index in [9.17, 15) is 0 Å². The topological polar surface area (TPSA) is 69.3 Å². The largest absolute Gasteiger partial charge is 0.381 e. The third kappa shape index (κ3) is 2.61. The highest BCUT2D eigenvalue weighted by molar-refractivity contribution is 5.84. The minimum Gasteiger partial charge on any atom is -0.381 e. The fraction of sp³-hybridized carbons (Fsp3) is 0.316. The number of rotatable bonds is 3. The van der Waals surface area contributed by atoms with Gasteiger partial charge in [0.1, 0.15) is 5.82 Å². The number of nitrogens with zero attached hydrogens (tertiary/aromatic N) is 5. The molecule has 26 heavy (non-hydrogen) atoms. The number of anilines is 1. The van der Waals surface area contributed by atoms with Crippen LogP contribution in [-0.2, 0) is 11.8 Å². The first-order valence-corrected chi connectivity index (χ1v) is 8.89. The molecule has 7 nitrogen and oxygen atoms in total. The Morgan fingerprint density at radius 2 is 2.00 bits per heavy atom. The van der Waals surface area contributed by atoms with Crippen molar-refractivity contribution in [2.75, 3.05) is 18.5 Å². The molecule has 0 atom stereocenters. The van der Waals surface area contributed by atoms with Crippen molar-refractivity contribution in [3.05, 3.63) is 42.7 Å². The molecule has 0 spiro atoms. The van der Waals surface area contributed by atoms with Crippen LogP contribution in [-0.4, -0.2) is 43.6 Å². The summed E-state index contributed by atoms with van der Waals surface area (Å²) in [6.07, 6.45) is 5.77. The molecule has 1 N–H and O–H groups in total. The average Bonchev–Trinajstić information content (AvgIpc) is 3.26. The van der Waals surface area contributed by atoms with Crippen molar-refractivity contribution in [1.29, 1.82) is 0 Å². The first-order chi connectivity index (χ1) is 12.8. The van der Waals surface area contributed by atoms with Gasteiger partial charge in [0.25, 0.3) is 0 Å². The summed E-state index contributed by atoms with van der Waals surface area (Å²) in [4.78, 5) is 4.50. The number of hydrogen-bond donors (Lipinski definition) is 1. The summed E-state index contributed by atoms with van der Waals surface area (Å²) in [6, 6.07) is 10.7. The van der Waals surface area contributed by atoms with Crippen LogP contribution in [0, 0.1) is 0 Å². The SMILES string of the molecule is Cn1ncc2ccc(-c3cnc4ccc(NC5CCOCC5)nn34)cc21. The van der Waals surface area contributed by atoms with Gasteiger partial charge in [-0.25, -0.2) is 9.50 Å². The van der Waals surface area contributed by atoms with Gasteiger partial charge in [-0.1, -0.05) is 12.1 Å². The van der Waals surface area contributed by atoms with E-state index in [0.29, 0.717) is 6.04 Å². The third-order valence-electron chi connectivity index (χ3n) is 4.98. The Morgan fingerprint density at radius 3 is 2.88 bits per heavy atom. The van der Waals surface area contributed by atoms with Crippen LogP contribution in [0.3, 0.4) is 0 Å². The molecule has 0 bridgehead atoms. The summed E-state index contributed by atoms with van der Waals surface area (Å²) >= 11 is 0. The highest BCUT2D eigenvalue weighted by Gasteiger charge is 2.15.